The topological polar surface area (TPSA) is 29.1 Å². The van der Waals surface area contributed by atoms with E-state index in [-0.39, 0.29) is 5.91 Å². The normalized spacial score (nSPS) is 10.4. The summed E-state index contributed by atoms with van der Waals surface area (Å²) in [6.45, 7) is 0.652. The van der Waals surface area contributed by atoms with Gasteiger partial charge in [0.05, 0.1) is 0 Å². The molecule has 21 heavy (non-hydrogen) atoms. The van der Waals surface area contributed by atoms with E-state index >= 15 is 0 Å². The molecule has 110 valence electrons. The third-order valence-corrected chi connectivity index (χ3v) is 4.88. The van der Waals surface area contributed by atoms with Gasteiger partial charge < -0.3 is 5.32 Å². The molecule has 1 amide bonds. The first kappa shape index (κ1) is 16.6. The van der Waals surface area contributed by atoms with Gasteiger partial charge in [0.25, 0.3) is 5.91 Å². The molecule has 0 spiro atoms. The van der Waals surface area contributed by atoms with E-state index < -0.39 is 0 Å². The fraction of sp³-hybridized carbons (Fsp3) is 0.188. The highest BCUT2D eigenvalue weighted by Crippen LogP contribution is 2.20. The van der Waals surface area contributed by atoms with E-state index in [1.807, 2.05) is 48.5 Å². The van der Waals surface area contributed by atoms with Gasteiger partial charge in [0, 0.05) is 32.2 Å². The van der Waals surface area contributed by atoms with Crippen LogP contribution in [-0.4, -0.2) is 18.2 Å². The van der Waals surface area contributed by atoms with Crippen molar-refractivity contribution in [2.45, 2.75) is 5.75 Å². The molecule has 2 aromatic rings. The molecule has 0 fully saturated rings. The Hall–Kier alpha value is -0.720. The van der Waals surface area contributed by atoms with Crippen molar-refractivity contribution in [3.05, 3.63) is 68.3 Å². The first-order chi connectivity index (χ1) is 10.2. The Bertz CT molecular complexity index is 621. The van der Waals surface area contributed by atoms with E-state index in [9.17, 15) is 4.79 Å². The molecule has 0 aromatic heterocycles. The van der Waals surface area contributed by atoms with Crippen molar-refractivity contribution in [2.75, 3.05) is 12.3 Å². The maximum absolute atomic E-state index is 11.9. The standard InChI is InChI=1S/C16H15ClINOS/c17-15-7-2-1-4-13(15)11-21-9-8-19-16(20)12-5-3-6-14(18)10-12/h1-7,10H,8-9,11H2,(H,19,20). The van der Waals surface area contributed by atoms with Crippen molar-refractivity contribution >= 4 is 51.9 Å². The molecule has 0 bridgehead atoms. The molecule has 2 aromatic carbocycles. The predicted molar refractivity (Wildman–Crippen MR) is 99.1 cm³/mol. The minimum atomic E-state index is -0.0214. The zero-order valence-electron chi connectivity index (χ0n) is 11.3. The van der Waals surface area contributed by atoms with Crippen LogP contribution in [0.2, 0.25) is 5.02 Å². The van der Waals surface area contributed by atoms with Crippen LogP contribution < -0.4 is 5.32 Å². The Balaban J connectivity index is 1.70. The van der Waals surface area contributed by atoms with E-state index in [0.29, 0.717) is 12.1 Å². The minimum absolute atomic E-state index is 0.0214. The number of halogens is 2. The number of carbonyl (C=O) groups is 1. The number of hydrogen-bond donors (Lipinski definition) is 1. The lowest BCUT2D eigenvalue weighted by atomic mass is 10.2. The molecule has 0 aliphatic rings. The molecular weight excluding hydrogens is 417 g/mol. The SMILES string of the molecule is O=C(NCCSCc1ccccc1Cl)c1cccc(I)c1. The first-order valence-electron chi connectivity index (χ1n) is 6.52. The lowest BCUT2D eigenvalue weighted by molar-refractivity contribution is 0.0956. The van der Waals surface area contributed by atoms with Crippen LogP contribution in [0.1, 0.15) is 15.9 Å². The highest BCUT2D eigenvalue weighted by atomic mass is 127. The van der Waals surface area contributed by atoms with Gasteiger partial charge in [-0.2, -0.15) is 11.8 Å². The second-order valence-electron chi connectivity index (χ2n) is 4.41. The van der Waals surface area contributed by atoms with Gasteiger partial charge >= 0.3 is 0 Å². The summed E-state index contributed by atoms with van der Waals surface area (Å²) < 4.78 is 1.06. The van der Waals surface area contributed by atoms with Crippen molar-refractivity contribution in [3.63, 3.8) is 0 Å². The Kier molecular flexibility index (Phi) is 6.86. The number of amides is 1. The van der Waals surface area contributed by atoms with Gasteiger partial charge in [0.15, 0.2) is 0 Å². The maximum Gasteiger partial charge on any atom is 0.251 e. The summed E-state index contributed by atoms with van der Waals surface area (Å²) in [5, 5.41) is 3.73. The van der Waals surface area contributed by atoms with Gasteiger partial charge in [0.2, 0.25) is 0 Å². The van der Waals surface area contributed by atoms with Crippen molar-refractivity contribution in [1.29, 1.82) is 0 Å². The molecule has 0 aliphatic heterocycles. The van der Waals surface area contributed by atoms with Crippen LogP contribution in [0.4, 0.5) is 0 Å². The van der Waals surface area contributed by atoms with Crippen molar-refractivity contribution in [1.82, 2.24) is 5.32 Å². The second kappa shape index (κ2) is 8.66. The molecule has 1 N–H and O–H groups in total. The lowest BCUT2D eigenvalue weighted by Gasteiger charge is -2.06. The zero-order chi connectivity index (χ0) is 15.1. The van der Waals surface area contributed by atoms with Crippen molar-refractivity contribution < 1.29 is 4.79 Å². The summed E-state index contributed by atoms with van der Waals surface area (Å²) in [7, 11) is 0. The minimum Gasteiger partial charge on any atom is -0.351 e. The largest absolute Gasteiger partial charge is 0.351 e. The fourth-order valence-corrected chi connectivity index (χ4v) is 3.45. The molecular formula is C16H15ClINOS. The summed E-state index contributed by atoms with van der Waals surface area (Å²) in [6.07, 6.45) is 0. The smallest absolute Gasteiger partial charge is 0.251 e. The maximum atomic E-state index is 11.9. The summed E-state index contributed by atoms with van der Waals surface area (Å²) in [5.41, 5.74) is 1.84. The summed E-state index contributed by atoms with van der Waals surface area (Å²) in [6, 6.07) is 15.4. The first-order valence-corrected chi connectivity index (χ1v) is 9.13. The van der Waals surface area contributed by atoms with Crippen LogP contribution in [0.25, 0.3) is 0 Å². The van der Waals surface area contributed by atoms with Crippen LogP contribution in [0.5, 0.6) is 0 Å². The average molecular weight is 432 g/mol. The highest BCUT2D eigenvalue weighted by molar-refractivity contribution is 14.1. The van der Waals surface area contributed by atoms with Crippen LogP contribution in [0.3, 0.4) is 0 Å². The van der Waals surface area contributed by atoms with E-state index in [0.717, 1.165) is 25.7 Å². The monoisotopic (exact) mass is 431 g/mol. The Labute approximate surface area is 147 Å². The van der Waals surface area contributed by atoms with Gasteiger partial charge in [0.1, 0.15) is 0 Å². The molecule has 0 radical (unpaired) electrons. The molecule has 0 aliphatic carbocycles. The van der Waals surface area contributed by atoms with Crippen LogP contribution in [0.15, 0.2) is 48.5 Å². The highest BCUT2D eigenvalue weighted by Gasteiger charge is 2.05. The van der Waals surface area contributed by atoms with Gasteiger partial charge in [-0.05, 0) is 52.4 Å². The Morgan fingerprint density at radius 2 is 2.00 bits per heavy atom. The average Bonchev–Trinajstić information content (AvgIpc) is 2.48. The fourth-order valence-electron chi connectivity index (χ4n) is 1.77. The Morgan fingerprint density at radius 1 is 1.19 bits per heavy atom. The number of rotatable bonds is 6. The molecule has 0 saturated carbocycles. The summed E-state index contributed by atoms with van der Waals surface area (Å²) >= 11 is 10.1. The molecule has 0 saturated heterocycles. The van der Waals surface area contributed by atoms with Gasteiger partial charge in [-0.25, -0.2) is 0 Å². The van der Waals surface area contributed by atoms with Gasteiger partial charge in [-0.15, -0.1) is 0 Å². The summed E-state index contributed by atoms with van der Waals surface area (Å²) in [5.74, 6) is 1.70. The molecule has 0 unspecified atom stereocenters. The quantitative estimate of drug-likeness (QED) is 0.535. The van der Waals surface area contributed by atoms with Crippen LogP contribution in [0, 0.1) is 3.57 Å². The molecule has 0 heterocycles. The summed E-state index contributed by atoms with van der Waals surface area (Å²) in [4.78, 5) is 11.9. The number of carbonyl (C=O) groups excluding carboxylic acids is 1. The van der Waals surface area contributed by atoms with Crippen LogP contribution >= 0.6 is 46.0 Å². The number of hydrogen-bond acceptors (Lipinski definition) is 2. The van der Waals surface area contributed by atoms with Gasteiger partial charge in [-0.1, -0.05) is 35.9 Å². The lowest BCUT2D eigenvalue weighted by Crippen LogP contribution is -2.25. The predicted octanol–water partition coefficient (Wildman–Crippen LogP) is 4.61. The van der Waals surface area contributed by atoms with E-state index in [2.05, 4.69) is 27.9 Å². The molecule has 2 rings (SSSR count). The van der Waals surface area contributed by atoms with E-state index in [4.69, 9.17) is 11.6 Å². The molecule has 2 nitrogen and oxygen atoms in total. The third kappa shape index (κ3) is 5.52. The Morgan fingerprint density at radius 3 is 2.76 bits per heavy atom. The van der Waals surface area contributed by atoms with Crippen molar-refractivity contribution in [3.8, 4) is 0 Å². The molecule has 5 heteroatoms. The number of benzene rings is 2. The molecule has 0 atom stereocenters. The van der Waals surface area contributed by atoms with E-state index in [1.54, 1.807) is 11.8 Å². The van der Waals surface area contributed by atoms with Crippen molar-refractivity contribution in [2.24, 2.45) is 0 Å². The van der Waals surface area contributed by atoms with Crippen LogP contribution in [-0.2, 0) is 5.75 Å². The van der Waals surface area contributed by atoms with Gasteiger partial charge in [-0.3, -0.25) is 4.79 Å². The number of nitrogens with one attached hydrogen (secondary N) is 1. The number of thioether (sulfide) groups is 1. The second-order valence-corrected chi connectivity index (χ2v) is 7.17. The third-order valence-electron chi connectivity index (χ3n) is 2.83. The zero-order valence-corrected chi connectivity index (χ0v) is 15.0. The van der Waals surface area contributed by atoms with E-state index in [1.165, 1.54) is 0 Å².